The van der Waals surface area contributed by atoms with Gasteiger partial charge in [-0.05, 0) is 50.4 Å². The lowest BCUT2D eigenvalue weighted by atomic mass is 9.91. The highest BCUT2D eigenvalue weighted by molar-refractivity contribution is 5.93. The molecule has 1 aromatic rings. The van der Waals surface area contributed by atoms with Gasteiger partial charge in [0.2, 0.25) is 17.7 Å². The third kappa shape index (κ3) is 7.36. The van der Waals surface area contributed by atoms with Gasteiger partial charge in [-0.25, -0.2) is 13.2 Å². The van der Waals surface area contributed by atoms with Crippen LogP contribution in [0.2, 0.25) is 0 Å². The second-order valence-electron chi connectivity index (χ2n) is 12.6. The van der Waals surface area contributed by atoms with Gasteiger partial charge in [0, 0.05) is 50.7 Å². The number of amides is 4. The Morgan fingerprint density at radius 3 is 2.30 bits per heavy atom. The molecule has 0 radical (unpaired) electrons. The number of aliphatic hydroxyl groups is 1. The van der Waals surface area contributed by atoms with E-state index in [0.29, 0.717) is 51.0 Å². The zero-order chi connectivity index (χ0) is 33.3. The normalized spacial score (nSPS) is 26.2. The molecule has 254 valence electrons. The molecular formula is C30H37F6N5O5. The van der Waals surface area contributed by atoms with Crippen LogP contribution in [0.3, 0.4) is 0 Å². The van der Waals surface area contributed by atoms with E-state index in [1.54, 1.807) is 0 Å². The monoisotopic (exact) mass is 661 g/mol. The Hall–Kier alpha value is -3.56. The number of fused-ring (bicyclic) bond motifs is 1. The second kappa shape index (κ2) is 13.7. The first kappa shape index (κ1) is 33.8. The van der Waals surface area contributed by atoms with Crippen LogP contribution in [-0.4, -0.2) is 95.1 Å². The van der Waals surface area contributed by atoms with Crippen LogP contribution in [0.1, 0.15) is 51.4 Å². The minimum Gasteiger partial charge on any atom is -0.381 e. The minimum atomic E-state index is -4.72. The van der Waals surface area contributed by atoms with Crippen LogP contribution in [0.4, 0.5) is 32.0 Å². The molecule has 1 saturated carbocycles. The van der Waals surface area contributed by atoms with E-state index in [2.05, 4.69) is 16.0 Å². The van der Waals surface area contributed by atoms with Crippen molar-refractivity contribution in [3.8, 4) is 0 Å². The lowest BCUT2D eigenvalue weighted by Gasteiger charge is -2.36. The molecule has 0 aromatic heterocycles. The van der Waals surface area contributed by atoms with E-state index in [4.69, 9.17) is 0 Å². The Morgan fingerprint density at radius 1 is 1.02 bits per heavy atom. The van der Waals surface area contributed by atoms with Crippen molar-refractivity contribution in [3.63, 3.8) is 0 Å². The highest BCUT2D eigenvalue weighted by Crippen LogP contribution is 2.43. The summed E-state index contributed by atoms with van der Waals surface area (Å²) in [6.07, 6.45) is -5.87. The molecule has 4 fully saturated rings. The van der Waals surface area contributed by atoms with Crippen LogP contribution >= 0.6 is 0 Å². The number of nitrogens with zero attached hydrogens (tertiary/aromatic N) is 2. The molecule has 4 unspecified atom stereocenters. The number of rotatable bonds is 11. The van der Waals surface area contributed by atoms with Crippen molar-refractivity contribution in [2.45, 2.75) is 81.8 Å². The maximum absolute atomic E-state index is 14.5. The predicted octanol–water partition coefficient (Wildman–Crippen LogP) is 2.46. The lowest BCUT2D eigenvalue weighted by Crippen LogP contribution is -2.59. The van der Waals surface area contributed by atoms with Crippen LogP contribution in [-0.2, 0) is 19.2 Å². The Balaban J connectivity index is 1.40. The summed E-state index contributed by atoms with van der Waals surface area (Å²) in [7, 11) is 0. The Kier molecular flexibility index (Phi) is 10.0. The molecule has 46 heavy (non-hydrogen) atoms. The van der Waals surface area contributed by atoms with Gasteiger partial charge in [0.25, 0.3) is 5.91 Å². The summed E-state index contributed by atoms with van der Waals surface area (Å²) >= 11 is 0. The largest absolute Gasteiger partial charge is 0.389 e. The van der Waals surface area contributed by atoms with Crippen molar-refractivity contribution in [1.82, 2.24) is 20.4 Å². The van der Waals surface area contributed by atoms with E-state index in [-0.39, 0.29) is 24.8 Å². The van der Waals surface area contributed by atoms with Gasteiger partial charge in [0.05, 0.1) is 6.04 Å². The number of alkyl halides is 3. The third-order valence-electron chi connectivity index (χ3n) is 9.61. The highest BCUT2D eigenvalue weighted by Gasteiger charge is 2.51. The molecule has 10 nitrogen and oxygen atoms in total. The average Bonchev–Trinajstić information content (AvgIpc) is 3.65. The number of carbonyl (C=O) groups is 4. The topological polar surface area (TPSA) is 131 Å². The number of benzene rings is 1. The van der Waals surface area contributed by atoms with Crippen molar-refractivity contribution in [3.05, 3.63) is 29.6 Å². The number of likely N-dealkylation sites (tertiary alicyclic amines) is 2. The first-order valence-corrected chi connectivity index (χ1v) is 15.6. The predicted molar refractivity (Wildman–Crippen MR) is 150 cm³/mol. The second-order valence-corrected chi connectivity index (χ2v) is 12.6. The number of carbonyl (C=O) groups excluding carboxylic acids is 4. The molecule has 1 aromatic carbocycles. The molecule has 16 heteroatoms. The summed E-state index contributed by atoms with van der Waals surface area (Å²) in [5.74, 6) is -8.02. The number of hydrogen-bond acceptors (Lipinski definition) is 6. The fraction of sp³-hybridized carbons (Fsp3) is 0.667. The van der Waals surface area contributed by atoms with Crippen LogP contribution in [0.25, 0.3) is 0 Å². The molecule has 4 amide bonds. The summed E-state index contributed by atoms with van der Waals surface area (Å²) < 4.78 is 82.3. The first-order valence-electron chi connectivity index (χ1n) is 15.6. The molecule has 3 aliphatic heterocycles. The number of halogens is 6. The molecule has 5 rings (SSSR count). The molecule has 0 spiro atoms. The van der Waals surface area contributed by atoms with E-state index in [1.165, 1.54) is 4.90 Å². The van der Waals surface area contributed by atoms with E-state index in [9.17, 15) is 50.6 Å². The summed E-state index contributed by atoms with van der Waals surface area (Å²) in [5, 5.41) is 18.6. The first-order chi connectivity index (χ1) is 21.7. The van der Waals surface area contributed by atoms with Crippen LogP contribution in [0, 0.1) is 35.2 Å². The number of anilines is 1. The summed E-state index contributed by atoms with van der Waals surface area (Å²) in [6.45, 7) is 1.23. The molecular weight excluding hydrogens is 624 g/mol. The van der Waals surface area contributed by atoms with E-state index in [0.717, 1.165) is 17.7 Å². The van der Waals surface area contributed by atoms with Crippen LogP contribution < -0.4 is 16.0 Å². The third-order valence-corrected chi connectivity index (χ3v) is 9.61. The quantitative estimate of drug-likeness (QED) is 0.270. The fourth-order valence-corrected chi connectivity index (χ4v) is 7.10. The molecule has 1 aliphatic carbocycles. The summed E-state index contributed by atoms with van der Waals surface area (Å²) in [5.41, 5.74) is -0.982. The van der Waals surface area contributed by atoms with Gasteiger partial charge >= 0.3 is 6.18 Å². The number of hydrogen-bond donors (Lipinski definition) is 4. The molecule has 4 aliphatic rings. The van der Waals surface area contributed by atoms with Crippen molar-refractivity contribution in [2.75, 3.05) is 31.5 Å². The summed E-state index contributed by atoms with van der Waals surface area (Å²) in [4.78, 5) is 55.7. The number of aliphatic hydroxyl groups excluding tert-OH is 1. The van der Waals surface area contributed by atoms with Gasteiger partial charge in [0.1, 0.15) is 23.6 Å². The highest BCUT2D eigenvalue weighted by atomic mass is 19.4. The van der Waals surface area contributed by atoms with Crippen molar-refractivity contribution in [1.29, 1.82) is 0 Å². The Morgan fingerprint density at radius 2 is 1.72 bits per heavy atom. The van der Waals surface area contributed by atoms with E-state index < -0.39 is 95.9 Å². The van der Waals surface area contributed by atoms with E-state index in [1.807, 2.05) is 0 Å². The van der Waals surface area contributed by atoms with Gasteiger partial charge in [-0.3, -0.25) is 19.2 Å². The van der Waals surface area contributed by atoms with Gasteiger partial charge in [-0.2, -0.15) is 13.2 Å². The molecule has 7 atom stereocenters. The molecule has 0 bridgehead atoms. The molecule has 3 heterocycles. The van der Waals surface area contributed by atoms with Crippen LogP contribution in [0.15, 0.2) is 12.1 Å². The minimum absolute atomic E-state index is 0.00880. The SMILES string of the molecule is O=C(N[C@@H](C[C@@H]1CCNC1=O)C(O)C(=O)N1CCC1)C1C2CCCC2CN1C(=O)[C@@H](CCC(F)(F)F)Nc1c(F)cc(F)cc1F. The summed E-state index contributed by atoms with van der Waals surface area (Å²) in [6, 6.07) is -3.60. The van der Waals surface area contributed by atoms with Gasteiger partial charge in [0.15, 0.2) is 17.7 Å². The molecule has 3 saturated heterocycles. The standard InChI is InChI=1S/C30H37F6N5O5/c31-17-12-19(32)23(20(33)13-17)38-21(5-7-30(34,35)36)28(45)41-14-16-3-1-4-18(16)24(41)27(44)39-22(11-15-6-8-37-26(15)43)25(42)29(46)40-9-2-10-40/h12-13,15-16,18,21-22,24-25,38,42H,1-11,14H2,(H,37,43)(H,39,44)/t15-,16?,18?,21+,22-,24?,25?/m0/s1. The van der Waals surface area contributed by atoms with Gasteiger partial charge < -0.3 is 30.9 Å². The zero-order valence-electron chi connectivity index (χ0n) is 24.9. The van der Waals surface area contributed by atoms with Crippen molar-refractivity contribution in [2.24, 2.45) is 17.8 Å². The Labute approximate surface area is 261 Å². The van der Waals surface area contributed by atoms with Crippen molar-refractivity contribution >= 4 is 29.3 Å². The Bertz CT molecular complexity index is 1320. The van der Waals surface area contributed by atoms with Gasteiger partial charge in [-0.1, -0.05) is 6.42 Å². The lowest BCUT2D eigenvalue weighted by molar-refractivity contribution is -0.148. The average molecular weight is 662 g/mol. The van der Waals surface area contributed by atoms with E-state index >= 15 is 0 Å². The maximum Gasteiger partial charge on any atom is 0.389 e. The van der Waals surface area contributed by atoms with Crippen LogP contribution in [0.5, 0.6) is 0 Å². The zero-order valence-corrected chi connectivity index (χ0v) is 24.9. The maximum atomic E-state index is 14.5. The smallest absolute Gasteiger partial charge is 0.381 e. The fourth-order valence-electron chi connectivity index (χ4n) is 7.10. The molecule has 4 N–H and O–H groups in total. The van der Waals surface area contributed by atoms with Crippen molar-refractivity contribution < 1.29 is 50.6 Å². The number of nitrogens with one attached hydrogen (secondary N) is 3. The van der Waals surface area contributed by atoms with Gasteiger partial charge in [-0.15, -0.1) is 0 Å².